The molecule has 0 aliphatic rings. The SMILES string of the molecule is CC(C)(C)C(=O)C(CCl)Oc1ccccc1C(F)(F)F. The fraction of sp³-hybridized carbons (Fsp3) is 0.500. The van der Waals surface area contributed by atoms with Gasteiger partial charge in [-0.3, -0.25) is 4.79 Å². The molecular formula is C14H16ClF3O2. The normalized spacial score (nSPS) is 13.9. The van der Waals surface area contributed by atoms with Crippen molar-refractivity contribution in [3.05, 3.63) is 29.8 Å². The number of benzene rings is 1. The average Bonchev–Trinajstić information content (AvgIpc) is 2.33. The maximum atomic E-state index is 12.8. The fourth-order valence-electron chi connectivity index (χ4n) is 1.59. The van der Waals surface area contributed by atoms with Gasteiger partial charge in [-0.2, -0.15) is 13.2 Å². The zero-order valence-electron chi connectivity index (χ0n) is 11.4. The first kappa shape index (κ1) is 16.8. The summed E-state index contributed by atoms with van der Waals surface area (Å²) in [5, 5.41) is 0. The van der Waals surface area contributed by atoms with Crippen molar-refractivity contribution in [3.63, 3.8) is 0 Å². The highest BCUT2D eigenvalue weighted by atomic mass is 35.5. The molecule has 1 atom stereocenters. The van der Waals surface area contributed by atoms with E-state index in [1.807, 2.05) is 0 Å². The molecule has 1 aromatic carbocycles. The lowest BCUT2D eigenvalue weighted by Gasteiger charge is -2.25. The molecule has 1 rings (SSSR count). The second-order valence-corrected chi connectivity index (χ2v) is 5.68. The number of Topliss-reactive ketones (excluding diaryl/α,β-unsaturated/α-hetero) is 1. The first-order valence-electron chi connectivity index (χ1n) is 6.00. The zero-order valence-corrected chi connectivity index (χ0v) is 12.2. The molecule has 0 bridgehead atoms. The third-order valence-corrected chi connectivity index (χ3v) is 2.91. The second kappa shape index (κ2) is 6.04. The minimum atomic E-state index is -4.54. The van der Waals surface area contributed by atoms with Gasteiger partial charge in [0.15, 0.2) is 11.9 Å². The van der Waals surface area contributed by atoms with E-state index in [0.29, 0.717) is 0 Å². The summed E-state index contributed by atoms with van der Waals surface area (Å²) in [6.07, 6.45) is -5.65. The Kier molecular flexibility index (Phi) is 5.08. The molecule has 0 aliphatic heterocycles. The van der Waals surface area contributed by atoms with Crippen LogP contribution in [-0.2, 0) is 11.0 Å². The number of para-hydroxylation sites is 1. The molecule has 0 aromatic heterocycles. The summed E-state index contributed by atoms with van der Waals surface area (Å²) in [7, 11) is 0. The van der Waals surface area contributed by atoms with Crippen LogP contribution in [0.4, 0.5) is 13.2 Å². The Morgan fingerprint density at radius 1 is 1.25 bits per heavy atom. The van der Waals surface area contributed by atoms with Gasteiger partial charge in [0.2, 0.25) is 0 Å². The van der Waals surface area contributed by atoms with E-state index in [2.05, 4.69) is 0 Å². The molecule has 0 radical (unpaired) electrons. The van der Waals surface area contributed by atoms with Crippen LogP contribution in [0.15, 0.2) is 24.3 Å². The van der Waals surface area contributed by atoms with Crippen LogP contribution in [0, 0.1) is 5.41 Å². The van der Waals surface area contributed by atoms with Gasteiger partial charge in [-0.25, -0.2) is 0 Å². The van der Waals surface area contributed by atoms with Crippen LogP contribution in [-0.4, -0.2) is 17.8 Å². The van der Waals surface area contributed by atoms with Crippen LogP contribution >= 0.6 is 11.6 Å². The summed E-state index contributed by atoms with van der Waals surface area (Å²) in [4.78, 5) is 12.1. The van der Waals surface area contributed by atoms with E-state index >= 15 is 0 Å². The minimum Gasteiger partial charge on any atom is -0.481 e. The van der Waals surface area contributed by atoms with Crippen molar-refractivity contribution in [1.82, 2.24) is 0 Å². The molecule has 0 saturated heterocycles. The van der Waals surface area contributed by atoms with Crippen molar-refractivity contribution in [2.45, 2.75) is 33.1 Å². The highest BCUT2D eigenvalue weighted by Crippen LogP contribution is 2.36. The molecule has 6 heteroatoms. The van der Waals surface area contributed by atoms with Gasteiger partial charge < -0.3 is 4.74 Å². The Bertz CT molecular complexity index is 478. The van der Waals surface area contributed by atoms with Crippen molar-refractivity contribution in [2.24, 2.45) is 5.41 Å². The van der Waals surface area contributed by atoms with Crippen LogP contribution in [0.5, 0.6) is 5.75 Å². The van der Waals surface area contributed by atoms with Gasteiger partial charge in [-0.05, 0) is 12.1 Å². The molecule has 0 fully saturated rings. The minimum absolute atomic E-state index is 0.206. The molecule has 1 unspecified atom stereocenters. The first-order chi connectivity index (χ1) is 9.07. The Labute approximate surface area is 120 Å². The summed E-state index contributed by atoms with van der Waals surface area (Å²) in [5.74, 6) is -0.935. The van der Waals surface area contributed by atoms with Gasteiger partial charge in [0, 0.05) is 5.41 Å². The maximum absolute atomic E-state index is 12.8. The molecule has 0 saturated carbocycles. The quantitative estimate of drug-likeness (QED) is 0.775. The van der Waals surface area contributed by atoms with E-state index in [4.69, 9.17) is 16.3 Å². The van der Waals surface area contributed by atoms with Gasteiger partial charge in [-0.1, -0.05) is 32.9 Å². The van der Waals surface area contributed by atoms with E-state index in [9.17, 15) is 18.0 Å². The Hall–Kier alpha value is -1.23. The van der Waals surface area contributed by atoms with E-state index in [-0.39, 0.29) is 17.4 Å². The topological polar surface area (TPSA) is 26.3 Å². The molecule has 0 aliphatic carbocycles. The molecule has 0 N–H and O–H groups in total. The van der Waals surface area contributed by atoms with E-state index < -0.39 is 23.3 Å². The molecule has 112 valence electrons. The maximum Gasteiger partial charge on any atom is 0.419 e. The monoisotopic (exact) mass is 308 g/mol. The van der Waals surface area contributed by atoms with Crippen LogP contribution < -0.4 is 4.74 Å². The van der Waals surface area contributed by atoms with Gasteiger partial charge in [0.25, 0.3) is 0 Å². The number of rotatable bonds is 4. The number of ketones is 1. The van der Waals surface area contributed by atoms with Gasteiger partial charge in [0.05, 0.1) is 11.4 Å². The highest BCUT2D eigenvalue weighted by molar-refractivity contribution is 6.20. The van der Waals surface area contributed by atoms with E-state index in [1.165, 1.54) is 18.2 Å². The Morgan fingerprint density at radius 2 is 1.80 bits per heavy atom. The standard InChI is InChI=1S/C14H16ClF3O2/c1-13(2,3)12(19)11(8-15)20-10-7-5-4-6-9(10)14(16,17)18/h4-7,11H,8H2,1-3H3. The van der Waals surface area contributed by atoms with Gasteiger partial charge in [-0.15, -0.1) is 11.6 Å². The lowest BCUT2D eigenvalue weighted by atomic mass is 9.88. The summed E-state index contributed by atoms with van der Waals surface area (Å²) < 4.78 is 43.7. The third-order valence-electron chi connectivity index (χ3n) is 2.63. The summed E-state index contributed by atoms with van der Waals surface area (Å²) in [5.41, 5.74) is -1.66. The first-order valence-corrected chi connectivity index (χ1v) is 6.54. The molecule has 0 amide bonds. The molecule has 0 spiro atoms. The fourth-order valence-corrected chi connectivity index (χ4v) is 1.80. The number of halogens is 4. The number of carbonyl (C=O) groups excluding carboxylic acids is 1. The van der Waals surface area contributed by atoms with Crippen molar-refractivity contribution in [2.75, 3.05) is 5.88 Å². The van der Waals surface area contributed by atoms with Crippen molar-refractivity contribution in [3.8, 4) is 5.75 Å². The average molecular weight is 309 g/mol. The molecular weight excluding hydrogens is 293 g/mol. The summed E-state index contributed by atoms with van der Waals surface area (Å²) in [6.45, 7) is 4.98. The van der Waals surface area contributed by atoms with E-state index in [1.54, 1.807) is 20.8 Å². The third kappa shape index (κ3) is 4.13. The molecule has 1 aromatic rings. The van der Waals surface area contributed by atoms with Crippen molar-refractivity contribution < 1.29 is 22.7 Å². The number of hydrogen-bond donors (Lipinski definition) is 0. The number of ether oxygens (including phenoxy) is 1. The number of alkyl halides is 4. The molecule has 2 nitrogen and oxygen atoms in total. The smallest absolute Gasteiger partial charge is 0.419 e. The predicted molar refractivity (Wildman–Crippen MR) is 71.0 cm³/mol. The molecule has 20 heavy (non-hydrogen) atoms. The predicted octanol–water partition coefficient (Wildman–Crippen LogP) is 4.31. The summed E-state index contributed by atoms with van der Waals surface area (Å²) in [6, 6.07) is 4.76. The Balaban J connectivity index is 3.06. The lowest BCUT2D eigenvalue weighted by Crippen LogP contribution is -2.38. The van der Waals surface area contributed by atoms with Crippen molar-refractivity contribution >= 4 is 17.4 Å². The zero-order chi connectivity index (χ0) is 15.6. The Morgan fingerprint density at radius 3 is 2.25 bits per heavy atom. The second-order valence-electron chi connectivity index (χ2n) is 5.37. The van der Waals surface area contributed by atoms with Crippen LogP contribution in [0.2, 0.25) is 0 Å². The number of carbonyl (C=O) groups is 1. The van der Waals surface area contributed by atoms with Gasteiger partial charge >= 0.3 is 6.18 Å². The van der Waals surface area contributed by atoms with Crippen LogP contribution in [0.1, 0.15) is 26.3 Å². The molecule has 0 heterocycles. The number of hydrogen-bond acceptors (Lipinski definition) is 2. The van der Waals surface area contributed by atoms with Crippen LogP contribution in [0.3, 0.4) is 0 Å². The van der Waals surface area contributed by atoms with Crippen molar-refractivity contribution in [1.29, 1.82) is 0 Å². The highest BCUT2D eigenvalue weighted by Gasteiger charge is 2.36. The lowest BCUT2D eigenvalue weighted by molar-refractivity contribution is -0.141. The van der Waals surface area contributed by atoms with Crippen LogP contribution in [0.25, 0.3) is 0 Å². The van der Waals surface area contributed by atoms with E-state index in [0.717, 1.165) is 6.07 Å². The summed E-state index contributed by atoms with van der Waals surface area (Å²) >= 11 is 5.66. The van der Waals surface area contributed by atoms with Gasteiger partial charge in [0.1, 0.15) is 5.75 Å². The largest absolute Gasteiger partial charge is 0.481 e.